The number of anilines is 1. The molecule has 4 rings (SSSR count). The average Bonchev–Trinajstić information content (AvgIpc) is 3.29. The monoisotopic (exact) mass is 365 g/mol. The molecular formula is C17H23N3O4S. The standard InChI is InChI=1S/C17H23N3O4S/c21-14(22)17-5-1-2-12(17)9-20(10-17)16(23)19-15-18-8-13(25-15)11-3-6-24-7-4-11/h8,11-12H,1-7,9-10H2,(H,21,22)(H,18,19,23)/t12-,17+/m0/s1. The molecule has 3 aliphatic rings. The first-order valence-electron chi connectivity index (χ1n) is 8.91. The molecule has 1 saturated carbocycles. The van der Waals surface area contributed by atoms with Gasteiger partial charge in [0.1, 0.15) is 0 Å². The fourth-order valence-electron chi connectivity index (χ4n) is 4.48. The van der Waals surface area contributed by atoms with Crippen molar-refractivity contribution in [1.29, 1.82) is 0 Å². The molecule has 0 radical (unpaired) electrons. The number of nitrogens with zero attached hydrogens (tertiary/aromatic N) is 2. The summed E-state index contributed by atoms with van der Waals surface area (Å²) in [5.41, 5.74) is -0.743. The van der Waals surface area contributed by atoms with E-state index in [-0.39, 0.29) is 11.9 Å². The molecule has 0 bridgehead atoms. The zero-order valence-corrected chi connectivity index (χ0v) is 14.9. The number of urea groups is 1. The van der Waals surface area contributed by atoms with Crippen LogP contribution in [0, 0.1) is 11.3 Å². The second-order valence-electron chi connectivity index (χ2n) is 7.32. The molecular weight excluding hydrogens is 342 g/mol. The summed E-state index contributed by atoms with van der Waals surface area (Å²) < 4.78 is 5.38. The third-order valence-corrected chi connectivity index (χ3v) is 7.02. The Morgan fingerprint density at radius 1 is 1.36 bits per heavy atom. The van der Waals surface area contributed by atoms with E-state index in [1.165, 1.54) is 16.2 Å². The van der Waals surface area contributed by atoms with Crippen LogP contribution in [0.4, 0.5) is 9.93 Å². The molecule has 2 atom stereocenters. The Balaban J connectivity index is 1.40. The van der Waals surface area contributed by atoms with E-state index in [9.17, 15) is 14.7 Å². The second kappa shape index (κ2) is 6.57. The Morgan fingerprint density at radius 3 is 2.88 bits per heavy atom. The summed E-state index contributed by atoms with van der Waals surface area (Å²) in [5.74, 6) is -0.232. The molecule has 1 aliphatic carbocycles. The molecule has 0 aromatic carbocycles. The predicted octanol–water partition coefficient (Wildman–Crippen LogP) is 2.76. The van der Waals surface area contributed by atoms with Gasteiger partial charge in [0.2, 0.25) is 0 Å². The SMILES string of the molecule is O=C(Nc1ncc(C2CCOCC2)s1)N1C[C@@H]2CCC[C@@]2(C(=O)O)C1. The fraction of sp³-hybridized carbons (Fsp3) is 0.706. The maximum absolute atomic E-state index is 12.6. The first-order chi connectivity index (χ1) is 12.1. The van der Waals surface area contributed by atoms with Crippen molar-refractivity contribution in [2.45, 2.75) is 38.0 Å². The van der Waals surface area contributed by atoms with Crippen molar-refractivity contribution >= 4 is 28.5 Å². The molecule has 136 valence electrons. The van der Waals surface area contributed by atoms with Gasteiger partial charge in [-0.15, -0.1) is 11.3 Å². The molecule has 3 heterocycles. The van der Waals surface area contributed by atoms with Gasteiger partial charge in [-0.25, -0.2) is 9.78 Å². The summed E-state index contributed by atoms with van der Waals surface area (Å²) in [6.07, 6.45) is 6.32. The minimum Gasteiger partial charge on any atom is -0.481 e. The average molecular weight is 365 g/mol. The molecule has 2 aliphatic heterocycles. The van der Waals surface area contributed by atoms with Crippen molar-refractivity contribution in [2.75, 3.05) is 31.6 Å². The molecule has 1 aromatic rings. The lowest BCUT2D eigenvalue weighted by Crippen LogP contribution is -2.38. The number of rotatable bonds is 3. The number of carboxylic acid groups (broad SMARTS) is 1. The molecule has 3 fully saturated rings. The van der Waals surface area contributed by atoms with E-state index in [1.807, 2.05) is 6.20 Å². The van der Waals surface area contributed by atoms with Crippen LogP contribution in [0.2, 0.25) is 0 Å². The summed E-state index contributed by atoms with van der Waals surface area (Å²) in [4.78, 5) is 31.5. The zero-order valence-electron chi connectivity index (χ0n) is 14.1. The van der Waals surface area contributed by atoms with Crippen LogP contribution < -0.4 is 5.32 Å². The fourth-order valence-corrected chi connectivity index (χ4v) is 5.45. The number of thiazole rings is 1. The Morgan fingerprint density at radius 2 is 2.16 bits per heavy atom. The minimum atomic E-state index is -0.763. The summed E-state index contributed by atoms with van der Waals surface area (Å²) in [6.45, 7) is 2.38. The van der Waals surface area contributed by atoms with Gasteiger partial charge in [-0.05, 0) is 37.5 Å². The van der Waals surface area contributed by atoms with Crippen molar-refractivity contribution < 1.29 is 19.4 Å². The smallest absolute Gasteiger partial charge is 0.323 e. The van der Waals surface area contributed by atoms with Crippen LogP contribution in [0.15, 0.2) is 6.20 Å². The van der Waals surface area contributed by atoms with Gasteiger partial charge in [-0.3, -0.25) is 10.1 Å². The molecule has 0 spiro atoms. The van der Waals surface area contributed by atoms with Crippen molar-refractivity contribution in [3.63, 3.8) is 0 Å². The molecule has 7 nitrogen and oxygen atoms in total. The number of carbonyl (C=O) groups excluding carboxylic acids is 1. The van der Waals surface area contributed by atoms with Gasteiger partial charge >= 0.3 is 12.0 Å². The third-order valence-electron chi connectivity index (χ3n) is 5.94. The Hall–Kier alpha value is -1.67. The molecule has 1 aromatic heterocycles. The van der Waals surface area contributed by atoms with E-state index in [1.54, 1.807) is 4.90 Å². The molecule has 8 heteroatoms. The van der Waals surface area contributed by atoms with Gasteiger partial charge in [0.25, 0.3) is 0 Å². The minimum absolute atomic E-state index is 0.0739. The highest BCUT2D eigenvalue weighted by Crippen LogP contribution is 2.49. The summed E-state index contributed by atoms with van der Waals surface area (Å²) in [7, 11) is 0. The molecule has 2 N–H and O–H groups in total. The first kappa shape index (κ1) is 16.8. The van der Waals surface area contributed by atoms with Crippen molar-refractivity contribution in [3.05, 3.63) is 11.1 Å². The number of aromatic nitrogens is 1. The second-order valence-corrected chi connectivity index (χ2v) is 8.38. The van der Waals surface area contributed by atoms with E-state index in [0.717, 1.165) is 38.9 Å². The highest BCUT2D eigenvalue weighted by Gasteiger charge is 2.55. The van der Waals surface area contributed by atoms with Crippen LogP contribution in [0.25, 0.3) is 0 Å². The molecule has 25 heavy (non-hydrogen) atoms. The molecule has 2 amide bonds. The van der Waals surface area contributed by atoms with Crippen LogP contribution in [0.3, 0.4) is 0 Å². The van der Waals surface area contributed by atoms with Crippen molar-refractivity contribution in [1.82, 2.24) is 9.88 Å². The number of likely N-dealkylation sites (tertiary alicyclic amines) is 1. The number of aliphatic carboxylic acids is 1. The van der Waals surface area contributed by atoms with Crippen molar-refractivity contribution in [3.8, 4) is 0 Å². The number of amides is 2. The number of carboxylic acids is 1. The summed E-state index contributed by atoms with van der Waals surface area (Å²) >= 11 is 1.51. The lowest BCUT2D eigenvalue weighted by atomic mass is 9.81. The van der Waals surface area contributed by atoms with E-state index < -0.39 is 11.4 Å². The van der Waals surface area contributed by atoms with Crippen LogP contribution in [-0.2, 0) is 9.53 Å². The Kier molecular flexibility index (Phi) is 4.41. The van der Waals surface area contributed by atoms with Gasteiger partial charge in [-0.1, -0.05) is 6.42 Å². The topological polar surface area (TPSA) is 91.8 Å². The van der Waals surface area contributed by atoms with Crippen LogP contribution in [0.5, 0.6) is 0 Å². The summed E-state index contributed by atoms with van der Waals surface area (Å²) in [6, 6.07) is -0.233. The number of carbonyl (C=O) groups is 2. The van der Waals surface area contributed by atoms with Crippen LogP contribution >= 0.6 is 11.3 Å². The van der Waals surface area contributed by atoms with Gasteiger partial charge in [0.05, 0.1) is 5.41 Å². The first-order valence-corrected chi connectivity index (χ1v) is 9.73. The highest BCUT2D eigenvalue weighted by molar-refractivity contribution is 7.15. The van der Waals surface area contributed by atoms with E-state index in [4.69, 9.17) is 4.74 Å². The number of hydrogen-bond acceptors (Lipinski definition) is 5. The predicted molar refractivity (Wildman–Crippen MR) is 92.9 cm³/mol. The number of hydrogen-bond donors (Lipinski definition) is 2. The third kappa shape index (κ3) is 3.01. The Labute approximate surface area is 150 Å². The van der Waals surface area contributed by atoms with Gasteiger partial charge < -0.3 is 14.7 Å². The van der Waals surface area contributed by atoms with Crippen LogP contribution in [-0.4, -0.2) is 53.3 Å². The highest BCUT2D eigenvalue weighted by atomic mass is 32.1. The van der Waals surface area contributed by atoms with Crippen LogP contribution in [0.1, 0.15) is 42.9 Å². The summed E-state index contributed by atoms with van der Waals surface area (Å²) in [5, 5.41) is 13.1. The maximum Gasteiger partial charge on any atom is 0.323 e. The van der Waals surface area contributed by atoms with E-state index in [2.05, 4.69) is 10.3 Å². The maximum atomic E-state index is 12.6. The van der Waals surface area contributed by atoms with Gasteiger partial charge in [0.15, 0.2) is 5.13 Å². The van der Waals surface area contributed by atoms with Gasteiger partial charge in [-0.2, -0.15) is 0 Å². The number of nitrogens with one attached hydrogen (secondary N) is 1. The Bertz CT molecular complexity index is 673. The van der Waals surface area contributed by atoms with E-state index >= 15 is 0 Å². The zero-order chi connectivity index (χ0) is 17.4. The van der Waals surface area contributed by atoms with Crippen molar-refractivity contribution in [2.24, 2.45) is 11.3 Å². The lowest BCUT2D eigenvalue weighted by Gasteiger charge is -2.23. The molecule has 2 saturated heterocycles. The quantitative estimate of drug-likeness (QED) is 0.859. The largest absolute Gasteiger partial charge is 0.481 e. The van der Waals surface area contributed by atoms with E-state index in [0.29, 0.717) is 30.6 Å². The number of fused-ring (bicyclic) bond motifs is 1. The van der Waals surface area contributed by atoms with Gasteiger partial charge in [0, 0.05) is 37.4 Å². The normalized spacial score (nSPS) is 29.6. The molecule has 0 unspecified atom stereocenters. The number of ether oxygens (including phenoxy) is 1. The lowest BCUT2D eigenvalue weighted by molar-refractivity contribution is -0.149.